The number of ether oxygens (including phenoxy) is 2. The minimum atomic E-state index is 0.0509. The van der Waals surface area contributed by atoms with Gasteiger partial charge in [-0.25, -0.2) is 0 Å². The maximum Gasteiger partial charge on any atom is 0.0630 e. The summed E-state index contributed by atoms with van der Waals surface area (Å²) in [5.74, 6) is 2.17. The van der Waals surface area contributed by atoms with E-state index in [1.165, 1.54) is 6.42 Å². The second-order valence-electron chi connectivity index (χ2n) is 8.15. The van der Waals surface area contributed by atoms with Crippen molar-refractivity contribution in [1.29, 1.82) is 0 Å². The summed E-state index contributed by atoms with van der Waals surface area (Å²) in [6, 6.07) is 0.244. The normalized spacial score (nSPS) is 39.6. The molecule has 2 saturated heterocycles. The smallest absolute Gasteiger partial charge is 0.0630 e. The van der Waals surface area contributed by atoms with Crippen LogP contribution < -0.4 is 5.73 Å². The Morgan fingerprint density at radius 2 is 1.20 bits per heavy atom. The standard InChI is InChI=1S/C9H18O.C8H17NO/c1-7-5-9(3,4)10-6-8(7)2;1-6-4-8(2,3)10-5-7(6)9/h7-8H,5-6H2,1-4H3;6-7H,4-5,9H2,1-3H3/t7-,8+;6-,7+/m00/s1. The van der Waals surface area contributed by atoms with Gasteiger partial charge in [0.2, 0.25) is 0 Å². The van der Waals surface area contributed by atoms with Crippen molar-refractivity contribution >= 4 is 0 Å². The Labute approximate surface area is 125 Å². The molecule has 2 aliphatic rings. The van der Waals surface area contributed by atoms with Crippen molar-refractivity contribution in [2.24, 2.45) is 23.5 Å². The third-order valence-corrected chi connectivity index (χ3v) is 4.73. The van der Waals surface area contributed by atoms with Gasteiger partial charge in [0.25, 0.3) is 0 Å². The fraction of sp³-hybridized carbons (Fsp3) is 1.00. The molecule has 0 aromatic heterocycles. The quantitative estimate of drug-likeness (QED) is 0.739. The highest BCUT2D eigenvalue weighted by Crippen LogP contribution is 2.31. The molecule has 120 valence electrons. The van der Waals surface area contributed by atoms with E-state index in [1.807, 2.05) is 0 Å². The highest BCUT2D eigenvalue weighted by molar-refractivity contribution is 4.83. The molecule has 0 aliphatic carbocycles. The highest BCUT2D eigenvalue weighted by atomic mass is 16.5. The summed E-state index contributed by atoms with van der Waals surface area (Å²) in [5, 5.41) is 0. The van der Waals surface area contributed by atoms with Gasteiger partial charge in [0.1, 0.15) is 0 Å². The van der Waals surface area contributed by atoms with Crippen LogP contribution in [0.25, 0.3) is 0 Å². The predicted molar refractivity (Wildman–Crippen MR) is 84.8 cm³/mol. The summed E-state index contributed by atoms with van der Waals surface area (Å²) in [5.41, 5.74) is 5.96. The molecule has 4 atom stereocenters. The number of hydrogen-bond donors (Lipinski definition) is 1. The van der Waals surface area contributed by atoms with Crippen LogP contribution in [0.2, 0.25) is 0 Å². The molecule has 2 N–H and O–H groups in total. The lowest BCUT2D eigenvalue weighted by Crippen LogP contribution is -2.46. The van der Waals surface area contributed by atoms with Gasteiger partial charge in [-0.15, -0.1) is 0 Å². The van der Waals surface area contributed by atoms with E-state index in [0.717, 1.165) is 24.9 Å². The summed E-state index contributed by atoms with van der Waals surface area (Å²) in [7, 11) is 0. The van der Waals surface area contributed by atoms with E-state index in [9.17, 15) is 0 Å². The van der Waals surface area contributed by atoms with Gasteiger partial charge in [0, 0.05) is 6.04 Å². The molecule has 0 aromatic rings. The molecular weight excluding hydrogens is 250 g/mol. The van der Waals surface area contributed by atoms with E-state index in [2.05, 4.69) is 48.5 Å². The first-order valence-corrected chi connectivity index (χ1v) is 8.06. The van der Waals surface area contributed by atoms with Crippen LogP contribution in [0.4, 0.5) is 0 Å². The molecule has 0 amide bonds. The van der Waals surface area contributed by atoms with Gasteiger partial charge in [-0.1, -0.05) is 20.8 Å². The molecule has 0 radical (unpaired) electrons. The highest BCUT2D eigenvalue weighted by Gasteiger charge is 2.31. The van der Waals surface area contributed by atoms with Crippen LogP contribution in [0.5, 0.6) is 0 Å². The van der Waals surface area contributed by atoms with Crippen LogP contribution in [0.15, 0.2) is 0 Å². The number of nitrogens with two attached hydrogens (primary N) is 1. The molecule has 2 heterocycles. The van der Waals surface area contributed by atoms with Crippen molar-refractivity contribution in [3.63, 3.8) is 0 Å². The first-order chi connectivity index (χ1) is 9.02. The van der Waals surface area contributed by atoms with E-state index in [-0.39, 0.29) is 17.2 Å². The van der Waals surface area contributed by atoms with Gasteiger partial charge in [0.15, 0.2) is 0 Å². The molecule has 0 unspecified atom stereocenters. The monoisotopic (exact) mass is 285 g/mol. The van der Waals surface area contributed by atoms with Crippen molar-refractivity contribution in [3.05, 3.63) is 0 Å². The number of rotatable bonds is 0. The first kappa shape index (κ1) is 17.9. The molecule has 20 heavy (non-hydrogen) atoms. The number of hydrogen-bond acceptors (Lipinski definition) is 3. The van der Waals surface area contributed by atoms with Gasteiger partial charge >= 0.3 is 0 Å². The molecule has 0 bridgehead atoms. The average molecular weight is 285 g/mol. The Bertz CT molecular complexity index is 271. The van der Waals surface area contributed by atoms with Gasteiger partial charge in [-0.05, 0) is 58.3 Å². The molecular formula is C17H35NO2. The molecule has 2 aliphatic heterocycles. The van der Waals surface area contributed by atoms with Crippen molar-refractivity contribution < 1.29 is 9.47 Å². The van der Waals surface area contributed by atoms with E-state index < -0.39 is 0 Å². The lowest BCUT2D eigenvalue weighted by molar-refractivity contribution is -0.0944. The van der Waals surface area contributed by atoms with E-state index in [1.54, 1.807) is 0 Å². The van der Waals surface area contributed by atoms with Crippen molar-refractivity contribution in [2.45, 2.75) is 78.6 Å². The third-order valence-electron chi connectivity index (χ3n) is 4.73. The molecule has 0 aromatic carbocycles. The van der Waals surface area contributed by atoms with Crippen LogP contribution >= 0.6 is 0 Å². The van der Waals surface area contributed by atoms with Crippen LogP contribution in [0, 0.1) is 17.8 Å². The molecule has 3 heteroatoms. The maximum absolute atomic E-state index is 5.77. The lowest BCUT2D eigenvalue weighted by Gasteiger charge is -2.37. The Kier molecular flexibility index (Phi) is 6.06. The minimum absolute atomic E-state index is 0.0509. The van der Waals surface area contributed by atoms with Crippen molar-refractivity contribution in [2.75, 3.05) is 13.2 Å². The van der Waals surface area contributed by atoms with Gasteiger partial charge < -0.3 is 15.2 Å². The average Bonchev–Trinajstić information content (AvgIpc) is 2.30. The van der Waals surface area contributed by atoms with Crippen molar-refractivity contribution in [3.8, 4) is 0 Å². The van der Waals surface area contributed by atoms with Crippen LogP contribution in [-0.2, 0) is 9.47 Å². The van der Waals surface area contributed by atoms with Crippen LogP contribution in [0.1, 0.15) is 61.3 Å². The second-order valence-corrected chi connectivity index (χ2v) is 8.15. The Hall–Kier alpha value is -0.120. The fourth-order valence-electron chi connectivity index (χ4n) is 3.03. The first-order valence-electron chi connectivity index (χ1n) is 8.06. The maximum atomic E-state index is 5.77. The van der Waals surface area contributed by atoms with Crippen molar-refractivity contribution in [1.82, 2.24) is 0 Å². The predicted octanol–water partition coefficient (Wildman–Crippen LogP) is 3.61. The zero-order chi connectivity index (χ0) is 15.6. The Morgan fingerprint density at radius 1 is 0.750 bits per heavy atom. The third kappa shape index (κ3) is 5.71. The van der Waals surface area contributed by atoms with Crippen LogP contribution in [0.3, 0.4) is 0 Å². The van der Waals surface area contributed by atoms with E-state index >= 15 is 0 Å². The minimum Gasteiger partial charge on any atom is -0.375 e. The molecule has 2 fully saturated rings. The fourth-order valence-corrected chi connectivity index (χ4v) is 3.03. The molecule has 2 rings (SSSR count). The molecule has 0 spiro atoms. The SMILES string of the molecule is C[C@@H]1COC(C)(C)C[C@@H]1C.C[C@H]1CC(C)(C)OC[C@H]1N. The zero-order valence-corrected chi connectivity index (χ0v) is 14.5. The molecule has 3 nitrogen and oxygen atoms in total. The Balaban J connectivity index is 0.000000200. The van der Waals surface area contributed by atoms with E-state index in [4.69, 9.17) is 15.2 Å². The van der Waals surface area contributed by atoms with Gasteiger partial charge in [-0.3, -0.25) is 0 Å². The Morgan fingerprint density at radius 3 is 1.55 bits per heavy atom. The second kappa shape index (κ2) is 6.76. The molecule has 0 saturated carbocycles. The van der Waals surface area contributed by atoms with Crippen LogP contribution in [-0.4, -0.2) is 30.5 Å². The topological polar surface area (TPSA) is 44.5 Å². The summed E-state index contributed by atoms with van der Waals surface area (Å²) in [4.78, 5) is 0. The summed E-state index contributed by atoms with van der Waals surface area (Å²) < 4.78 is 11.2. The lowest BCUT2D eigenvalue weighted by atomic mass is 9.83. The zero-order valence-electron chi connectivity index (χ0n) is 14.5. The summed E-state index contributed by atoms with van der Waals surface area (Å²) in [6.07, 6.45) is 2.28. The van der Waals surface area contributed by atoms with E-state index in [0.29, 0.717) is 12.5 Å². The van der Waals surface area contributed by atoms with Gasteiger partial charge in [0.05, 0.1) is 24.4 Å². The largest absolute Gasteiger partial charge is 0.375 e. The summed E-state index contributed by atoms with van der Waals surface area (Å²) >= 11 is 0. The summed E-state index contributed by atoms with van der Waals surface area (Å²) in [6.45, 7) is 17.0. The van der Waals surface area contributed by atoms with Gasteiger partial charge in [-0.2, -0.15) is 0 Å².